The number of halogens is 1. The predicted molar refractivity (Wildman–Crippen MR) is 68.2 cm³/mol. The Kier molecular flexibility index (Phi) is 3.44. The Morgan fingerprint density at radius 2 is 2.29 bits per heavy atom. The first kappa shape index (κ1) is 12.8. The van der Waals surface area contributed by atoms with E-state index in [0.717, 1.165) is 6.42 Å². The van der Waals surface area contributed by atoms with Gasteiger partial charge in [0, 0.05) is 25.2 Å². The average molecular weight is 294 g/mol. The van der Waals surface area contributed by atoms with Gasteiger partial charge in [-0.1, -0.05) is 18.5 Å². The van der Waals surface area contributed by atoms with Gasteiger partial charge in [0.15, 0.2) is 15.1 Å². The molecule has 0 saturated heterocycles. The van der Waals surface area contributed by atoms with E-state index < -0.39 is 10.0 Å². The van der Waals surface area contributed by atoms with Crippen LogP contribution in [0.25, 0.3) is 4.96 Å². The zero-order valence-corrected chi connectivity index (χ0v) is 11.8. The summed E-state index contributed by atoms with van der Waals surface area (Å²) in [6.45, 7) is 2.38. The quantitative estimate of drug-likeness (QED) is 0.867. The molecule has 94 valence electrons. The van der Waals surface area contributed by atoms with Crippen molar-refractivity contribution in [3.63, 3.8) is 0 Å². The van der Waals surface area contributed by atoms with E-state index in [9.17, 15) is 8.42 Å². The lowest BCUT2D eigenvalue weighted by molar-refractivity contribution is 0.465. The Morgan fingerprint density at radius 1 is 1.59 bits per heavy atom. The van der Waals surface area contributed by atoms with Crippen LogP contribution in [0.3, 0.4) is 0 Å². The molecule has 0 bridgehead atoms. The standard InChI is InChI=1S/C9H12ClN3O2S2/c1-3-4-12(2)17(14,15)8-7(10)11-9-13(8)5-6-16-9/h5-6H,3-4H2,1-2H3. The van der Waals surface area contributed by atoms with Crippen molar-refractivity contribution in [1.82, 2.24) is 13.7 Å². The molecular formula is C9H12ClN3O2S2. The average Bonchev–Trinajstić information content (AvgIpc) is 2.76. The van der Waals surface area contributed by atoms with E-state index in [0.29, 0.717) is 11.5 Å². The number of aromatic nitrogens is 2. The van der Waals surface area contributed by atoms with Gasteiger partial charge >= 0.3 is 0 Å². The maximum absolute atomic E-state index is 12.3. The number of hydrogen-bond donors (Lipinski definition) is 0. The van der Waals surface area contributed by atoms with Crippen molar-refractivity contribution in [2.45, 2.75) is 18.4 Å². The predicted octanol–water partition coefficient (Wildman–Crippen LogP) is 2.08. The van der Waals surface area contributed by atoms with Gasteiger partial charge in [0.2, 0.25) is 0 Å². The Hall–Kier alpha value is -0.630. The highest BCUT2D eigenvalue weighted by molar-refractivity contribution is 7.89. The highest BCUT2D eigenvalue weighted by Crippen LogP contribution is 2.27. The lowest BCUT2D eigenvalue weighted by Crippen LogP contribution is -2.28. The van der Waals surface area contributed by atoms with E-state index in [1.54, 1.807) is 18.6 Å². The first-order valence-electron chi connectivity index (χ1n) is 5.06. The molecule has 0 atom stereocenters. The third-order valence-electron chi connectivity index (χ3n) is 2.37. The van der Waals surface area contributed by atoms with E-state index >= 15 is 0 Å². The lowest BCUT2D eigenvalue weighted by atomic mass is 10.5. The fourth-order valence-electron chi connectivity index (χ4n) is 1.55. The van der Waals surface area contributed by atoms with Crippen LogP contribution < -0.4 is 0 Å². The fourth-order valence-corrected chi connectivity index (χ4v) is 4.21. The third-order valence-corrected chi connectivity index (χ3v) is 5.39. The molecule has 2 aromatic rings. The molecule has 0 saturated carbocycles. The first-order valence-corrected chi connectivity index (χ1v) is 7.75. The Labute approximate surface area is 109 Å². The molecule has 0 amide bonds. The van der Waals surface area contributed by atoms with Crippen LogP contribution in [0.5, 0.6) is 0 Å². The largest absolute Gasteiger partial charge is 0.279 e. The highest BCUT2D eigenvalue weighted by Gasteiger charge is 2.28. The summed E-state index contributed by atoms with van der Waals surface area (Å²) in [6.07, 6.45) is 2.41. The number of thiazole rings is 1. The van der Waals surface area contributed by atoms with E-state index in [2.05, 4.69) is 4.98 Å². The fraction of sp³-hybridized carbons (Fsp3) is 0.444. The van der Waals surface area contributed by atoms with Gasteiger partial charge in [-0.05, 0) is 6.42 Å². The summed E-state index contributed by atoms with van der Waals surface area (Å²) in [7, 11) is -2.03. The first-order chi connectivity index (χ1) is 7.98. The van der Waals surface area contributed by atoms with Gasteiger partial charge in [0.25, 0.3) is 10.0 Å². The molecule has 0 N–H and O–H groups in total. The van der Waals surface area contributed by atoms with Gasteiger partial charge in [-0.2, -0.15) is 4.31 Å². The smallest absolute Gasteiger partial charge is 0.262 e. The SMILES string of the molecule is CCCN(C)S(=O)(=O)c1c(Cl)nc2sccn12. The minimum atomic E-state index is -3.58. The van der Waals surface area contributed by atoms with Crippen LogP contribution in [0.2, 0.25) is 5.15 Å². The van der Waals surface area contributed by atoms with Crippen molar-refractivity contribution in [2.75, 3.05) is 13.6 Å². The maximum Gasteiger partial charge on any atom is 0.262 e. The van der Waals surface area contributed by atoms with Crippen LogP contribution in [-0.4, -0.2) is 35.7 Å². The summed E-state index contributed by atoms with van der Waals surface area (Å²) >= 11 is 7.25. The number of imidazole rings is 1. The van der Waals surface area contributed by atoms with Crippen molar-refractivity contribution < 1.29 is 8.42 Å². The molecule has 0 aliphatic carbocycles. The topological polar surface area (TPSA) is 54.7 Å². The van der Waals surface area contributed by atoms with Crippen LogP contribution in [0, 0.1) is 0 Å². The van der Waals surface area contributed by atoms with Gasteiger partial charge in [-0.25, -0.2) is 13.4 Å². The van der Waals surface area contributed by atoms with Crippen LogP contribution in [0.15, 0.2) is 16.6 Å². The van der Waals surface area contributed by atoms with Crippen molar-refractivity contribution >= 4 is 37.9 Å². The lowest BCUT2D eigenvalue weighted by Gasteiger charge is -2.15. The molecule has 2 heterocycles. The minimum Gasteiger partial charge on any atom is -0.279 e. The molecule has 2 rings (SSSR count). The van der Waals surface area contributed by atoms with Crippen LogP contribution in [-0.2, 0) is 10.0 Å². The van der Waals surface area contributed by atoms with Crippen molar-refractivity contribution in [2.24, 2.45) is 0 Å². The summed E-state index contributed by atoms with van der Waals surface area (Å²) in [5.74, 6) is 0. The summed E-state index contributed by atoms with van der Waals surface area (Å²) in [5.41, 5.74) is 0. The molecule has 2 aromatic heterocycles. The van der Waals surface area contributed by atoms with Crippen molar-refractivity contribution in [1.29, 1.82) is 0 Å². The van der Waals surface area contributed by atoms with Crippen LogP contribution in [0.4, 0.5) is 0 Å². The number of sulfonamides is 1. The summed E-state index contributed by atoms with van der Waals surface area (Å²) in [6, 6.07) is 0. The highest BCUT2D eigenvalue weighted by atomic mass is 35.5. The van der Waals surface area contributed by atoms with Crippen molar-refractivity contribution in [3.8, 4) is 0 Å². The summed E-state index contributed by atoms with van der Waals surface area (Å²) < 4.78 is 27.4. The maximum atomic E-state index is 12.3. The second kappa shape index (κ2) is 4.56. The molecule has 5 nitrogen and oxygen atoms in total. The second-order valence-corrected chi connectivity index (χ2v) is 6.78. The van der Waals surface area contributed by atoms with Gasteiger partial charge in [-0.15, -0.1) is 11.3 Å². The van der Waals surface area contributed by atoms with Crippen molar-refractivity contribution in [3.05, 3.63) is 16.7 Å². The van der Waals surface area contributed by atoms with Gasteiger partial charge in [0.1, 0.15) is 0 Å². The van der Waals surface area contributed by atoms with Gasteiger partial charge in [0.05, 0.1) is 0 Å². The molecule has 8 heteroatoms. The number of nitrogens with zero attached hydrogens (tertiary/aromatic N) is 3. The van der Waals surface area contributed by atoms with Crippen LogP contribution in [0.1, 0.15) is 13.3 Å². The van der Waals surface area contributed by atoms with E-state index in [4.69, 9.17) is 11.6 Å². The zero-order chi connectivity index (χ0) is 12.6. The monoisotopic (exact) mass is 293 g/mol. The molecule has 0 unspecified atom stereocenters. The minimum absolute atomic E-state index is 0.0276. The Morgan fingerprint density at radius 3 is 2.94 bits per heavy atom. The third kappa shape index (κ3) is 2.08. The number of hydrogen-bond acceptors (Lipinski definition) is 4. The number of fused-ring (bicyclic) bond motifs is 1. The normalized spacial score (nSPS) is 12.7. The molecule has 0 radical (unpaired) electrons. The molecular weight excluding hydrogens is 282 g/mol. The van der Waals surface area contributed by atoms with E-state index in [1.165, 1.54) is 20.0 Å². The molecule has 0 spiro atoms. The Bertz CT molecular complexity index is 632. The molecule has 0 aliphatic heterocycles. The van der Waals surface area contributed by atoms with Gasteiger partial charge in [-0.3, -0.25) is 4.40 Å². The second-order valence-electron chi connectivity index (χ2n) is 3.59. The molecule has 0 fully saturated rings. The van der Waals surface area contributed by atoms with E-state index in [1.807, 2.05) is 6.92 Å². The molecule has 0 aliphatic rings. The molecule has 0 aromatic carbocycles. The zero-order valence-electron chi connectivity index (χ0n) is 9.42. The van der Waals surface area contributed by atoms with Crippen LogP contribution >= 0.6 is 22.9 Å². The number of rotatable bonds is 4. The molecule has 17 heavy (non-hydrogen) atoms. The summed E-state index contributed by atoms with van der Waals surface area (Å²) in [4.78, 5) is 4.60. The summed E-state index contributed by atoms with van der Waals surface area (Å²) in [5, 5.41) is 1.85. The van der Waals surface area contributed by atoms with Gasteiger partial charge < -0.3 is 0 Å². The Balaban J connectivity index is 2.59. The van der Waals surface area contributed by atoms with E-state index in [-0.39, 0.29) is 10.2 Å².